The zero-order chi connectivity index (χ0) is 10.7. The molecule has 0 radical (unpaired) electrons. The van der Waals surface area contributed by atoms with Crippen molar-refractivity contribution in [3.8, 4) is 6.07 Å². The van der Waals surface area contributed by atoms with Crippen LogP contribution < -0.4 is 5.32 Å². The van der Waals surface area contributed by atoms with Gasteiger partial charge < -0.3 is 5.32 Å². The molecule has 86 valence electrons. The van der Waals surface area contributed by atoms with Crippen LogP contribution in [0.4, 0.5) is 0 Å². The van der Waals surface area contributed by atoms with Gasteiger partial charge in [0.1, 0.15) is 0 Å². The number of fused-ring (bicyclic) bond motifs is 5. The Morgan fingerprint density at radius 2 is 1.75 bits per heavy atom. The largest absolute Gasteiger partial charge is 0.309 e. The van der Waals surface area contributed by atoms with Crippen LogP contribution >= 0.6 is 0 Å². The van der Waals surface area contributed by atoms with Crippen LogP contribution in [0.3, 0.4) is 0 Å². The standard InChI is InChI=1S/C14H20N2/c15-7-10-2-1-3-11(10)16-14-12-8-4-5-9(6-8)13(12)14/h8-14,16H,1-6H2. The molecule has 0 aromatic rings. The van der Waals surface area contributed by atoms with Crippen LogP contribution in [-0.4, -0.2) is 12.1 Å². The first-order valence-electron chi connectivity index (χ1n) is 7.04. The molecular weight excluding hydrogens is 196 g/mol. The number of nitriles is 1. The molecule has 0 heterocycles. The average Bonchev–Trinajstić information content (AvgIpc) is 2.74. The third-order valence-corrected chi connectivity index (χ3v) is 5.82. The van der Waals surface area contributed by atoms with E-state index in [1.807, 2.05) is 0 Å². The fraction of sp³-hybridized carbons (Fsp3) is 0.929. The molecule has 4 rings (SSSR count). The second-order valence-corrected chi connectivity index (χ2v) is 6.45. The van der Waals surface area contributed by atoms with E-state index < -0.39 is 0 Å². The Morgan fingerprint density at radius 1 is 1.00 bits per heavy atom. The van der Waals surface area contributed by atoms with Crippen LogP contribution in [0.15, 0.2) is 0 Å². The average molecular weight is 216 g/mol. The maximum absolute atomic E-state index is 9.10. The normalized spacial score (nSPS) is 57.3. The summed E-state index contributed by atoms with van der Waals surface area (Å²) in [6.07, 6.45) is 8.14. The lowest BCUT2D eigenvalue weighted by molar-refractivity contribution is 0.393. The molecule has 0 aromatic carbocycles. The van der Waals surface area contributed by atoms with E-state index in [0.717, 1.165) is 36.1 Å². The second-order valence-electron chi connectivity index (χ2n) is 6.45. The highest BCUT2D eigenvalue weighted by molar-refractivity contribution is 5.18. The zero-order valence-corrected chi connectivity index (χ0v) is 9.73. The Labute approximate surface area is 97.4 Å². The summed E-state index contributed by atoms with van der Waals surface area (Å²) < 4.78 is 0. The minimum Gasteiger partial charge on any atom is -0.309 e. The summed E-state index contributed by atoms with van der Waals surface area (Å²) in [6, 6.07) is 3.83. The van der Waals surface area contributed by atoms with Gasteiger partial charge in [0.05, 0.1) is 12.0 Å². The van der Waals surface area contributed by atoms with Crippen molar-refractivity contribution in [2.75, 3.05) is 0 Å². The van der Waals surface area contributed by atoms with E-state index in [9.17, 15) is 0 Å². The molecule has 2 nitrogen and oxygen atoms in total. The van der Waals surface area contributed by atoms with E-state index in [0.29, 0.717) is 12.0 Å². The fourth-order valence-electron chi connectivity index (χ4n) is 5.11. The van der Waals surface area contributed by atoms with Gasteiger partial charge in [-0.3, -0.25) is 0 Å². The molecule has 6 atom stereocenters. The molecule has 2 bridgehead atoms. The van der Waals surface area contributed by atoms with Crippen molar-refractivity contribution in [2.45, 2.75) is 50.6 Å². The summed E-state index contributed by atoms with van der Waals surface area (Å²) in [7, 11) is 0. The van der Waals surface area contributed by atoms with E-state index in [1.165, 1.54) is 32.1 Å². The minimum absolute atomic E-state index is 0.305. The smallest absolute Gasteiger partial charge is 0.0672 e. The molecule has 4 aliphatic rings. The molecule has 6 unspecified atom stereocenters. The van der Waals surface area contributed by atoms with E-state index in [-0.39, 0.29) is 0 Å². The number of hydrogen-bond acceptors (Lipinski definition) is 2. The molecular formula is C14H20N2. The van der Waals surface area contributed by atoms with Crippen molar-refractivity contribution in [1.29, 1.82) is 5.26 Å². The fourth-order valence-corrected chi connectivity index (χ4v) is 5.11. The number of hydrogen-bond donors (Lipinski definition) is 1. The van der Waals surface area contributed by atoms with Gasteiger partial charge in [-0.2, -0.15) is 5.26 Å². The van der Waals surface area contributed by atoms with Gasteiger partial charge in [-0.25, -0.2) is 0 Å². The molecule has 0 amide bonds. The van der Waals surface area contributed by atoms with Crippen molar-refractivity contribution in [3.05, 3.63) is 0 Å². The van der Waals surface area contributed by atoms with Crippen molar-refractivity contribution >= 4 is 0 Å². The maximum Gasteiger partial charge on any atom is 0.0672 e. The Kier molecular flexibility index (Phi) is 1.91. The van der Waals surface area contributed by atoms with Crippen LogP contribution in [0.2, 0.25) is 0 Å². The van der Waals surface area contributed by atoms with Crippen LogP contribution in [0, 0.1) is 40.9 Å². The molecule has 0 spiro atoms. The summed E-state index contributed by atoms with van der Waals surface area (Å²) in [4.78, 5) is 0. The molecule has 16 heavy (non-hydrogen) atoms. The molecule has 0 saturated heterocycles. The van der Waals surface area contributed by atoms with Crippen molar-refractivity contribution in [1.82, 2.24) is 5.32 Å². The van der Waals surface area contributed by atoms with Gasteiger partial charge in [0.15, 0.2) is 0 Å². The van der Waals surface area contributed by atoms with Crippen molar-refractivity contribution in [3.63, 3.8) is 0 Å². The van der Waals surface area contributed by atoms with E-state index >= 15 is 0 Å². The lowest BCUT2D eigenvalue weighted by atomic mass is 10.0. The second kappa shape index (κ2) is 3.23. The third kappa shape index (κ3) is 1.16. The summed E-state index contributed by atoms with van der Waals surface area (Å²) in [5.74, 6) is 4.43. The van der Waals surface area contributed by atoms with Crippen molar-refractivity contribution in [2.24, 2.45) is 29.6 Å². The first kappa shape index (κ1) is 9.48. The van der Waals surface area contributed by atoms with Gasteiger partial charge in [0, 0.05) is 12.1 Å². The molecule has 2 heteroatoms. The number of rotatable bonds is 2. The van der Waals surface area contributed by atoms with Crippen LogP contribution in [0.5, 0.6) is 0 Å². The predicted molar refractivity (Wildman–Crippen MR) is 61.5 cm³/mol. The Bertz CT molecular complexity index is 329. The van der Waals surface area contributed by atoms with Gasteiger partial charge in [0.2, 0.25) is 0 Å². The first-order valence-corrected chi connectivity index (χ1v) is 7.04. The highest BCUT2D eigenvalue weighted by atomic mass is 15.1. The van der Waals surface area contributed by atoms with Gasteiger partial charge in [-0.1, -0.05) is 6.42 Å². The van der Waals surface area contributed by atoms with Crippen LogP contribution in [-0.2, 0) is 0 Å². The SMILES string of the molecule is N#CC1CCCC1NC1C2C3CCC(C3)C12. The highest BCUT2D eigenvalue weighted by Gasteiger charge is 2.65. The van der Waals surface area contributed by atoms with Crippen molar-refractivity contribution < 1.29 is 0 Å². The maximum atomic E-state index is 9.10. The van der Waals surface area contributed by atoms with Gasteiger partial charge >= 0.3 is 0 Å². The van der Waals surface area contributed by atoms with Crippen LogP contribution in [0.1, 0.15) is 38.5 Å². The summed E-state index contributed by atoms with van der Waals surface area (Å²) in [6.45, 7) is 0. The minimum atomic E-state index is 0.305. The summed E-state index contributed by atoms with van der Waals surface area (Å²) in [5, 5.41) is 12.9. The molecule has 0 aromatic heterocycles. The summed E-state index contributed by atoms with van der Waals surface area (Å²) >= 11 is 0. The van der Waals surface area contributed by atoms with Crippen LogP contribution in [0.25, 0.3) is 0 Å². The third-order valence-electron chi connectivity index (χ3n) is 5.82. The molecule has 1 N–H and O–H groups in total. The van der Waals surface area contributed by atoms with Gasteiger partial charge in [0.25, 0.3) is 0 Å². The number of nitrogens with zero attached hydrogens (tertiary/aromatic N) is 1. The van der Waals surface area contributed by atoms with E-state index in [4.69, 9.17) is 5.26 Å². The molecule has 0 aliphatic heterocycles. The van der Waals surface area contributed by atoms with E-state index in [2.05, 4.69) is 11.4 Å². The lowest BCUT2D eigenvalue weighted by Crippen LogP contribution is -2.36. The Balaban J connectivity index is 1.42. The Hall–Kier alpha value is -0.550. The molecule has 4 fully saturated rings. The van der Waals surface area contributed by atoms with E-state index in [1.54, 1.807) is 0 Å². The molecule has 4 aliphatic carbocycles. The predicted octanol–water partition coefficient (Wildman–Crippen LogP) is 2.31. The van der Waals surface area contributed by atoms with Gasteiger partial charge in [-0.05, 0) is 55.8 Å². The number of nitrogens with one attached hydrogen (secondary N) is 1. The quantitative estimate of drug-likeness (QED) is 0.769. The highest BCUT2D eigenvalue weighted by Crippen LogP contribution is 2.65. The van der Waals surface area contributed by atoms with Gasteiger partial charge in [-0.15, -0.1) is 0 Å². The monoisotopic (exact) mass is 216 g/mol. The Morgan fingerprint density at radius 3 is 2.44 bits per heavy atom. The topological polar surface area (TPSA) is 35.8 Å². The summed E-state index contributed by atoms with van der Waals surface area (Å²) in [5.41, 5.74) is 0. The molecule has 4 saturated carbocycles. The first-order chi connectivity index (χ1) is 7.88. The zero-order valence-electron chi connectivity index (χ0n) is 9.73. The lowest BCUT2D eigenvalue weighted by Gasteiger charge is -2.18.